The summed E-state index contributed by atoms with van der Waals surface area (Å²) >= 11 is 0. The fourth-order valence-corrected chi connectivity index (χ4v) is 2.56. The number of carbonyl (C=O) groups is 2. The predicted octanol–water partition coefficient (Wildman–Crippen LogP) is 1.96. The highest BCUT2D eigenvalue weighted by Crippen LogP contribution is 2.33. The van der Waals surface area contributed by atoms with Gasteiger partial charge in [0, 0.05) is 18.0 Å². The first-order valence-corrected chi connectivity index (χ1v) is 8.20. The number of amides is 2. The van der Waals surface area contributed by atoms with Gasteiger partial charge in [-0.2, -0.15) is 18.3 Å². The van der Waals surface area contributed by atoms with Crippen LogP contribution >= 0.6 is 0 Å². The summed E-state index contributed by atoms with van der Waals surface area (Å²) in [6.45, 7) is 1.39. The van der Waals surface area contributed by atoms with Gasteiger partial charge in [0.1, 0.15) is 5.69 Å². The van der Waals surface area contributed by atoms with Crippen LogP contribution in [0.15, 0.2) is 53.5 Å². The molecular weight excluding hydrogens is 391 g/mol. The zero-order chi connectivity index (χ0) is 21.2. The van der Waals surface area contributed by atoms with Gasteiger partial charge < -0.3 is 4.98 Å². The molecule has 3 N–H and O–H groups in total. The maximum atomic E-state index is 13.3. The molecule has 3 rings (SSSR count). The number of aromatic nitrogens is 3. The third kappa shape index (κ3) is 4.18. The molecule has 0 spiro atoms. The Morgan fingerprint density at radius 2 is 1.76 bits per heavy atom. The van der Waals surface area contributed by atoms with Gasteiger partial charge in [0.15, 0.2) is 5.69 Å². The van der Waals surface area contributed by atoms with Gasteiger partial charge in [-0.25, -0.2) is 4.68 Å². The number of alkyl halides is 3. The van der Waals surface area contributed by atoms with Crippen LogP contribution < -0.4 is 16.3 Å². The van der Waals surface area contributed by atoms with Crippen LogP contribution in [-0.4, -0.2) is 26.6 Å². The SMILES string of the molecule is Cc1cc(=O)c(C(=O)NNC(=O)c2ccc[nH]2)nn1-c1ccccc1C(F)(F)F. The molecule has 8 nitrogen and oxygen atoms in total. The van der Waals surface area contributed by atoms with E-state index >= 15 is 0 Å². The zero-order valence-corrected chi connectivity index (χ0v) is 14.9. The lowest BCUT2D eigenvalue weighted by atomic mass is 10.1. The molecule has 3 aromatic rings. The number of nitrogens with one attached hydrogen (secondary N) is 3. The number of carbonyl (C=O) groups excluding carboxylic acids is 2. The summed E-state index contributed by atoms with van der Waals surface area (Å²) in [5.41, 5.74) is 1.53. The zero-order valence-electron chi connectivity index (χ0n) is 14.9. The van der Waals surface area contributed by atoms with Gasteiger partial charge in [-0.15, -0.1) is 0 Å². The number of benzene rings is 1. The van der Waals surface area contributed by atoms with E-state index in [2.05, 4.69) is 15.5 Å². The van der Waals surface area contributed by atoms with Crippen molar-refractivity contribution >= 4 is 11.8 Å². The van der Waals surface area contributed by atoms with Crippen LogP contribution in [0, 0.1) is 6.92 Å². The molecule has 2 heterocycles. The summed E-state index contributed by atoms with van der Waals surface area (Å²) in [6.07, 6.45) is -3.17. The van der Waals surface area contributed by atoms with E-state index in [1.54, 1.807) is 6.07 Å². The molecule has 29 heavy (non-hydrogen) atoms. The fourth-order valence-electron chi connectivity index (χ4n) is 2.56. The summed E-state index contributed by atoms with van der Waals surface area (Å²) in [7, 11) is 0. The summed E-state index contributed by atoms with van der Waals surface area (Å²) in [5.74, 6) is -1.76. The molecule has 0 saturated carbocycles. The first-order chi connectivity index (χ1) is 13.7. The number of rotatable bonds is 3. The lowest BCUT2D eigenvalue weighted by molar-refractivity contribution is -0.137. The predicted molar refractivity (Wildman–Crippen MR) is 95.3 cm³/mol. The van der Waals surface area contributed by atoms with E-state index in [-0.39, 0.29) is 17.1 Å². The van der Waals surface area contributed by atoms with E-state index in [1.165, 1.54) is 37.4 Å². The number of aryl methyl sites for hydroxylation is 1. The normalized spacial score (nSPS) is 11.2. The summed E-state index contributed by atoms with van der Waals surface area (Å²) in [4.78, 5) is 38.9. The fraction of sp³-hybridized carbons (Fsp3) is 0.111. The average molecular weight is 405 g/mol. The van der Waals surface area contributed by atoms with Crippen molar-refractivity contribution in [3.8, 4) is 5.69 Å². The Kier molecular flexibility index (Phi) is 5.22. The summed E-state index contributed by atoms with van der Waals surface area (Å²) in [6, 6.07) is 8.63. The molecule has 150 valence electrons. The number of hydrogen-bond donors (Lipinski definition) is 3. The van der Waals surface area contributed by atoms with Gasteiger partial charge in [0.05, 0.1) is 11.3 Å². The highest BCUT2D eigenvalue weighted by molar-refractivity contribution is 5.97. The topological polar surface area (TPSA) is 109 Å². The highest BCUT2D eigenvalue weighted by atomic mass is 19.4. The molecule has 0 atom stereocenters. The molecule has 1 aromatic carbocycles. The minimum atomic E-state index is -4.67. The van der Waals surface area contributed by atoms with E-state index in [0.717, 1.165) is 16.8 Å². The monoisotopic (exact) mass is 405 g/mol. The number of nitrogens with zero attached hydrogens (tertiary/aromatic N) is 2. The molecule has 0 aliphatic rings. The van der Waals surface area contributed by atoms with Gasteiger partial charge in [-0.05, 0) is 31.2 Å². The maximum absolute atomic E-state index is 13.3. The quantitative estimate of drug-likeness (QED) is 0.579. The van der Waals surface area contributed by atoms with Crippen molar-refractivity contribution in [2.24, 2.45) is 0 Å². The number of hydrazine groups is 1. The van der Waals surface area contributed by atoms with Crippen molar-refractivity contribution < 1.29 is 22.8 Å². The molecule has 0 bridgehead atoms. The van der Waals surface area contributed by atoms with Crippen LogP contribution in [0.5, 0.6) is 0 Å². The Morgan fingerprint density at radius 1 is 1.07 bits per heavy atom. The van der Waals surface area contributed by atoms with Crippen molar-refractivity contribution in [1.82, 2.24) is 25.6 Å². The van der Waals surface area contributed by atoms with E-state index in [0.29, 0.717) is 0 Å². The lowest BCUT2D eigenvalue weighted by Crippen LogP contribution is -2.44. The molecule has 2 aromatic heterocycles. The minimum Gasteiger partial charge on any atom is -0.357 e. The Hall–Kier alpha value is -3.89. The third-order valence-electron chi connectivity index (χ3n) is 3.89. The van der Waals surface area contributed by atoms with Crippen molar-refractivity contribution in [2.45, 2.75) is 13.1 Å². The van der Waals surface area contributed by atoms with Gasteiger partial charge >= 0.3 is 6.18 Å². The standard InChI is InChI=1S/C18H14F3N5O3/c1-10-9-14(27)15(17(29)24-23-16(28)12-6-4-8-22-12)25-26(10)13-7-3-2-5-11(13)18(19,20)21/h2-9,22H,1H3,(H,23,28)(H,24,29). The van der Waals surface area contributed by atoms with E-state index in [1.807, 2.05) is 5.43 Å². The van der Waals surface area contributed by atoms with Crippen molar-refractivity contribution in [3.05, 3.63) is 81.5 Å². The molecule has 0 aliphatic carbocycles. The first kappa shape index (κ1) is 19.9. The van der Waals surface area contributed by atoms with Gasteiger partial charge in [-0.3, -0.25) is 25.2 Å². The number of para-hydroxylation sites is 1. The minimum absolute atomic E-state index is 0.0960. The third-order valence-corrected chi connectivity index (χ3v) is 3.89. The molecule has 0 saturated heterocycles. The van der Waals surface area contributed by atoms with Crippen LogP contribution in [-0.2, 0) is 6.18 Å². The Labute approximate surface area is 161 Å². The van der Waals surface area contributed by atoms with Crippen molar-refractivity contribution in [3.63, 3.8) is 0 Å². The van der Waals surface area contributed by atoms with E-state index < -0.39 is 34.7 Å². The lowest BCUT2D eigenvalue weighted by Gasteiger charge is -2.16. The molecule has 0 aliphatic heterocycles. The van der Waals surface area contributed by atoms with Gasteiger partial charge in [0.25, 0.3) is 11.8 Å². The molecule has 2 amide bonds. The first-order valence-electron chi connectivity index (χ1n) is 8.20. The van der Waals surface area contributed by atoms with Gasteiger partial charge in [-0.1, -0.05) is 12.1 Å². The van der Waals surface area contributed by atoms with E-state index in [4.69, 9.17) is 0 Å². The largest absolute Gasteiger partial charge is 0.418 e. The number of halogens is 3. The number of aromatic amines is 1. The second-order valence-corrected chi connectivity index (χ2v) is 5.92. The molecule has 0 radical (unpaired) electrons. The van der Waals surface area contributed by atoms with Crippen molar-refractivity contribution in [2.75, 3.05) is 0 Å². The second kappa shape index (κ2) is 7.62. The Balaban J connectivity index is 1.94. The molecule has 0 fully saturated rings. The van der Waals surface area contributed by atoms with Crippen molar-refractivity contribution in [1.29, 1.82) is 0 Å². The Morgan fingerprint density at radius 3 is 2.41 bits per heavy atom. The average Bonchev–Trinajstić information content (AvgIpc) is 3.20. The van der Waals surface area contributed by atoms with Gasteiger partial charge in [0.2, 0.25) is 5.43 Å². The van der Waals surface area contributed by atoms with Crippen LogP contribution in [0.4, 0.5) is 13.2 Å². The van der Waals surface area contributed by atoms with E-state index in [9.17, 15) is 27.6 Å². The molecular formula is C18H14F3N5O3. The van der Waals surface area contributed by atoms with Crippen LogP contribution in [0.2, 0.25) is 0 Å². The summed E-state index contributed by atoms with van der Waals surface area (Å²) in [5, 5.41) is 3.79. The second-order valence-electron chi connectivity index (χ2n) is 5.92. The smallest absolute Gasteiger partial charge is 0.357 e. The molecule has 0 unspecified atom stereocenters. The maximum Gasteiger partial charge on any atom is 0.418 e. The number of hydrogen-bond acceptors (Lipinski definition) is 4. The van der Waals surface area contributed by atoms with Crippen LogP contribution in [0.25, 0.3) is 5.69 Å². The summed E-state index contributed by atoms with van der Waals surface area (Å²) < 4.78 is 40.8. The van der Waals surface area contributed by atoms with Crippen LogP contribution in [0.1, 0.15) is 32.2 Å². The van der Waals surface area contributed by atoms with Crippen LogP contribution in [0.3, 0.4) is 0 Å². The Bertz CT molecular complexity index is 1120. The molecule has 11 heteroatoms. The number of H-pyrrole nitrogens is 1. The highest BCUT2D eigenvalue weighted by Gasteiger charge is 2.34.